The summed E-state index contributed by atoms with van der Waals surface area (Å²) < 4.78 is 3.69. The van der Waals surface area contributed by atoms with Crippen LogP contribution in [0, 0.1) is 6.92 Å². The Bertz CT molecular complexity index is 797. The Kier molecular flexibility index (Phi) is 2.82. The fourth-order valence-corrected chi connectivity index (χ4v) is 2.34. The second-order valence-electron chi connectivity index (χ2n) is 4.95. The van der Waals surface area contributed by atoms with Gasteiger partial charge in [0.25, 0.3) is 5.91 Å². The minimum Gasteiger partial charge on any atom is -0.351 e. The molecule has 0 aliphatic heterocycles. The van der Waals surface area contributed by atoms with E-state index in [0.29, 0.717) is 11.4 Å². The van der Waals surface area contributed by atoms with Crippen LogP contribution in [-0.4, -0.2) is 20.3 Å². The number of fused-ring (bicyclic) bond motifs is 1. The lowest BCUT2D eigenvalue weighted by Gasteiger charge is -2.05. The Hall–Kier alpha value is -2.56. The molecule has 102 valence electrons. The van der Waals surface area contributed by atoms with E-state index in [4.69, 9.17) is 0 Å². The zero-order chi connectivity index (χ0) is 14.3. The molecule has 2 aromatic heterocycles. The van der Waals surface area contributed by atoms with Crippen LogP contribution in [-0.2, 0) is 14.1 Å². The van der Waals surface area contributed by atoms with Crippen molar-refractivity contribution in [2.45, 2.75) is 6.92 Å². The molecule has 20 heavy (non-hydrogen) atoms. The van der Waals surface area contributed by atoms with Gasteiger partial charge in [-0.25, -0.2) is 0 Å². The van der Waals surface area contributed by atoms with Gasteiger partial charge < -0.3 is 9.88 Å². The summed E-state index contributed by atoms with van der Waals surface area (Å²) in [6.07, 6.45) is 1.98. The smallest absolute Gasteiger partial charge is 0.256 e. The number of benzene rings is 1. The summed E-state index contributed by atoms with van der Waals surface area (Å²) >= 11 is 0. The third kappa shape index (κ3) is 2.07. The number of hydrogen-bond acceptors (Lipinski definition) is 2. The summed E-state index contributed by atoms with van der Waals surface area (Å²) in [4.78, 5) is 12.3. The van der Waals surface area contributed by atoms with Crippen molar-refractivity contribution in [3.05, 3.63) is 47.8 Å². The van der Waals surface area contributed by atoms with Gasteiger partial charge in [-0.05, 0) is 31.2 Å². The number of anilines is 1. The third-order valence-electron chi connectivity index (χ3n) is 3.39. The fraction of sp³-hybridized carbons (Fsp3) is 0.200. The minimum absolute atomic E-state index is 0.126. The Morgan fingerprint density at radius 1 is 1.20 bits per heavy atom. The van der Waals surface area contributed by atoms with E-state index in [-0.39, 0.29) is 5.91 Å². The van der Waals surface area contributed by atoms with Gasteiger partial charge in [-0.1, -0.05) is 0 Å². The molecule has 1 aromatic carbocycles. The third-order valence-corrected chi connectivity index (χ3v) is 3.39. The van der Waals surface area contributed by atoms with Crippen molar-refractivity contribution >= 4 is 22.6 Å². The van der Waals surface area contributed by atoms with Gasteiger partial charge in [0, 0.05) is 42.8 Å². The predicted octanol–water partition coefficient (Wildman–Crippen LogP) is 2.47. The summed E-state index contributed by atoms with van der Waals surface area (Å²) in [6.45, 7) is 1.89. The fourth-order valence-electron chi connectivity index (χ4n) is 2.34. The molecule has 0 saturated heterocycles. The van der Waals surface area contributed by atoms with Crippen molar-refractivity contribution in [1.82, 2.24) is 14.3 Å². The SMILES string of the molecule is Cc1cc(NC(=O)c2ccc3c(ccn3C)c2)n(C)n1. The largest absolute Gasteiger partial charge is 0.351 e. The molecule has 3 aromatic rings. The van der Waals surface area contributed by atoms with Crippen molar-refractivity contribution in [1.29, 1.82) is 0 Å². The highest BCUT2D eigenvalue weighted by Gasteiger charge is 2.10. The van der Waals surface area contributed by atoms with Gasteiger partial charge in [0.15, 0.2) is 0 Å². The molecule has 2 heterocycles. The highest BCUT2D eigenvalue weighted by Crippen LogP contribution is 2.18. The average Bonchev–Trinajstić information content (AvgIpc) is 2.93. The molecule has 0 atom stereocenters. The second kappa shape index (κ2) is 4.52. The van der Waals surface area contributed by atoms with Crippen molar-refractivity contribution in [2.24, 2.45) is 14.1 Å². The second-order valence-corrected chi connectivity index (χ2v) is 4.95. The lowest BCUT2D eigenvalue weighted by Crippen LogP contribution is -2.14. The average molecular weight is 268 g/mol. The monoisotopic (exact) mass is 268 g/mol. The number of aromatic nitrogens is 3. The number of amides is 1. The molecule has 0 bridgehead atoms. The maximum atomic E-state index is 12.3. The number of aryl methyl sites for hydroxylation is 3. The summed E-state index contributed by atoms with van der Waals surface area (Å²) in [5.74, 6) is 0.569. The van der Waals surface area contributed by atoms with Crippen molar-refractivity contribution in [2.75, 3.05) is 5.32 Å². The van der Waals surface area contributed by atoms with Crippen molar-refractivity contribution < 1.29 is 4.79 Å². The zero-order valence-electron chi connectivity index (χ0n) is 11.7. The number of carbonyl (C=O) groups is 1. The van der Waals surface area contributed by atoms with Crippen LogP contribution in [0.2, 0.25) is 0 Å². The maximum Gasteiger partial charge on any atom is 0.256 e. The van der Waals surface area contributed by atoms with E-state index >= 15 is 0 Å². The molecule has 0 unspecified atom stereocenters. The lowest BCUT2D eigenvalue weighted by molar-refractivity contribution is 0.102. The molecule has 1 N–H and O–H groups in total. The molecule has 0 spiro atoms. The van der Waals surface area contributed by atoms with Crippen molar-refractivity contribution in [3.8, 4) is 0 Å². The topological polar surface area (TPSA) is 51.9 Å². The van der Waals surface area contributed by atoms with Crippen LogP contribution in [0.4, 0.5) is 5.82 Å². The number of rotatable bonds is 2. The molecule has 0 aliphatic rings. The van der Waals surface area contributed by atoms with E-state index in [9.17, 15) is 4.79 Å². The highest BCUT2D eigenvalue weighted by molar-refractivity contribution is 6.05. The lowest BCUT2D eigenvalue weighted by atomic mass is 10.1. The molecule has 0 saturated carbocycles. The first-order chi connectivity index (χ1) is 9.54. The van der Waals surface area contributed by atoms with Gasteiger partial charge in [-0.15, -0.1) is 0 Å². The standard InChI is InChI=1S/C15H16N4O/c1-10-8-14(19(3)17-10)16-15(20)12-4-5-13-11(9-12)6-7-18(13)2/h4-9H,1-3H3,(H,16,20). The zero-order valence-corrected chi connectivity index (χ0v) is 11.7. The van der Waals surface area contributed by atoms with Gasteiger partial charge in [-0.2, -0.15) is 5.10 Å². The van der Waals surface area contributed by atoms with Crippen LogP contribution in [0.3, 0.4) is 0 Å². The van der Waals surface area contributed by atoms with Crippen LogP contribution >= 0.6 is 0 Å². The van der Waals surface area contributed by atoms with E-state index < -0.39 is 0 Å². The number of carbonyl (C=O) groups excluding carboxylic acids is 1. The number of nitrogens with one attached hydrogen (secondary N) is 1. The first-order valence-corrected chi connectivity index (χ1v) is 6.41. The van der Waals surface area contributed by atoms with Gasteiger partial charge in [0.05, 0.1) is 5.69 Å². The minimum atomic E-state index is -0.126. The van der Waals surface area contributed by atoms with Crippen molar-refractivity contribution in [3.63, 3.8) is 0 Å². The highest BCUT2D eigenvalue weighted by atomic mass is 16.1. The summed E-state index contributed by atoms with van der Waals surface area (Å²) in [5.41, 5.74) is 2.63. The first-order valence-electron chi connectivity index (χ1n) is 6.41. The van der Waals surface area contributed by atoms with E-state index in [0.717, 1.165) is 16.6 Å². The Morgan fingerprint density at radius 3 is 2.70 bits per heavy atom. The molecular weight excluding hydrogens is 252 g/mol. The van der Waals surface area contributed by atoms with Crippen LogP contribution in [0.5, 0.6) is 0 Å². The molecule has 3 rings (SSSR count). The summed E-state index contributed by atoms with van der Waals surface area (Å²) in [5, 5.41) is 8.14. The Morgan fingerprint density at radius 2 is 2.00 bits per heavy atom. The predicted molar refractivity (Wildman–Crippen MR) is 78.8 cm³/mol. The number of hydrogen-bond donors (Lipinski definition) is 1. The Balaban J connectivity index is 1.90. The van der Waals surface area contributed by atoms with E-state index in [2.05, 4.69) is 10.4 Å². The first kappa shape index (κ1) is 12.5. The molecule has 0 aliphatic carbocycles. The van der Waals surface area contributed by atoms with Crippen LogP contribution in [0.15, 0.2) is 36.5 Å². The molecule has 0 fully saturated rings. The van der Waals surface area contributed by atoms with Gasteiger partial charge in [-0.3, -0.25) is 9.48 Å². The van der Waals surface area contributed by atoms with E-state index in [1.165, 1.54) is 0 Å². The summed E-state index contributed by atoms with van der Waals surface area (Å²) in [7, 11) is 3.80. The maximum absolute atomic E-state index is 12.3. The summed E-state index contributed by atoms with van der Waals surface area (Å²) in [6, 6.07) is 9.53. The van der Waals surface area contributed by atoms with E-state index in [1.807, 2.05) is 62.1 Å². The molecule has 5 heteroatoms. The normalized spacial score (nSPS) is 10.9. The van der Waals surface area contributed by atoms with Gasteiger partial charge in [0.2, 0.25) is 0 Å². The van der Waals surface area contributed by atoms with Gasteiger partial charge >= 0.3 is 0 Å². The van der Waals surface area contributed by atoms with Crippen LogP contribution in [0.25, 0.3) is 10.9 Å². The van der Waals surface area contributed by atoms with Gasteiger partial charge in [0.1, 0.15) is 5.82 Å². The van der Waals surface area contributed by atoms with E-state index in [1.54, 1.807) is 4.68 Å². The number of nitrogens with zero attached hydrogens (tertiary/aromatic N) is 3. The molecular formula is C15H16N4O. The van der Waals surface area contributed by atoms with Crippen LogP contribution in [0.1, 0.15) is 16.1 Å². The molecule has 1 amide bonds. The molecule has 5 nitrogen and oxygen atoms in total. The Labute approximate surface area is 116 Å². The molecule has 0 radical (unpaired) electrons. The quantitative estimate of drug-likeness (QED) is 0.776. The van der Waals surface area contributed by atoms with Crippen LogP contribution < -0.4 is 5.32 Å².